The largest absolute Gasteiger partial charge is 0.382 e. The predicted octanol–water partition coefficient (Wildman–Crippen LogP) is 1.85. The monoisotopic (exact) mass is 282 g/mol. The zero-order valence-corrected chi connectivity index (χ0v) is 13.0. The van der Waals surface area contributed by atoms with Crippen molar-refractivity contribution in [1.29, 1.82) is 0 Å². The number of aromatic nitrogens is 2. The van der Waals surface area contributed by atoms with Gasteiger partial charge in [-0.05, 0) is 13.8 Å². The first kappa shape index (κ1) is 16.7. The fraction of sp³-hybridized carbons (Fsp3) is 0.714. The van der Waals surface area contributed by atoms with Crippen LogP contribution in [-0.4, -0.2) is 50.0 Å². The summed E-state index contributed by atoms with van der Waals surface area (Å²) in [4.78, 5) is 9.03. The molecule has 1 aromatic heterocycles. The molecule has 2 N–H and O–H groups in total. The third-order valence-corrected chi connectivity index (χ3v) is 2.82. The predicted molar refractivity (Wildman–Crippen MR) is 81.5 cm³/mol. The van der Waals surface area contributed by atoms with E-state index in [-0.39, 0.29) is 0 Å². The Hall–Kier alpha value is -1.40. The minimum Gasteiger partial charge on any atom is -0.382 e. The quantitative estimate of drug-likeness (QED) is 0.638. The van der Waals surface area contributed by atoms with Crippen LogP contribution in [0.15, 0.2) is 0 Å². The van der Waals surface area contributed by atoms with Gasteiger partial charge in [-0.15, -0.1) is 0 Å². The highest BCUT2D eigenvalue weighted by molar-refractivity contribution is 5.57. The Bertz CT molecular complexity index is 399. The fourth-order valence-electron chi connectivity index (χ4n) is 1.72. The number of aryl methyl sites for hydroxylation is 1. The average molecular weight is 282 g/mol. The Morgan fingerprint density at radius 1 is 1.00 bits per heavy atom. The topological polar surface area (TPSA) is 68.3 Å². The standard InChI is InChI=1S/C14H26N4O2/c1-5-12-17-13(15-6-2)11(3)14(18-12)16-7-8-20-10-9-19-4/h5-10H2,1-4H3,(H2,15,16,17,18). The molecular formula is C14H26N4O2. The van der Waals surface area contributed by atoms with Crippen molar-refractivity contribution in [3.8, 4) is 0 Å². The van der Waals surface area contributed by atoms with Crippen LogP contribution >= 0.6 is 0 Å². The first-order valence-corrected chi connectivity index (χ1v) is 7.14. The van der Waals surface area contributed by atoms with Gasteiger partial charge in [0, 0.05) is 32.2 Å². The fourth-order valence-corrected chi connectivity index (χ4v) is 1.72. The van der Waals surface area contributed by atoms with Crippen LogP contribution in [0.25, 0.3) is 0 Å². The van der Waals surface area contributed by atoms with Gasteiger partial charge in [0.15, 0.2) is 0 Å². The van der Waals surface area contributed by atoms with E-state index >= 15 is 0 Å². The SMILES string of the molecule is CCNc1nc(CC)nc(NCCOCCOC)c1C. The molecule has 0 radical (unpaired) electrons. The number of hydrogen-bond acceptors (Lipinski definition) is 6. The van der Waals surface area contributed by atoms with Crippen LogP contribution in [0, 0.1) is 6.92 Å². The Balaban J connectivity index is 2.57. The van der Waals surface area contributed by atoms with E-state index < -0.39 is 0 Å². The van der Waals surface area contributed by atoms with Gasteiger partial charge >= 0.3 is 0 Å². The van der Waals surface area contributed by atoms with Crippen LogP contribution in [0.5, 0.6) is 0 Å². The van der Waals surface area contributed by atoms with Crippen molar-refractivity contribution in [2.75, 3.05) is 50.7 Å². The number of methoxy groups -OCH3 is 1. The molecular weight excluding hydrogens is 256 g/mol. The van der Waals surface area contributed by atoms with Crippen LogP contribution in [-0.2, 0) is 15.9 Å². The average Bonchev–Trinajstić information content (AvgIpc) is 2.46. The van der Waals surface area contributed by atoms with Crippen molar-refractivity contribution in [2.45, 2.75) is 27.2 Å². The maximum Gasteiger partial charge on any atom is 0.134 e. The second-order valence-corrected chi connectivity index (χ2v) is 4.38. The van der Waals surface area contributed by atoms with E-state index in [1.54, 1.807) is 7.11 Å². The van der Waals surface area contributed by atoms with Crippen LogP contribution in [0.2, 0.25) is 0 Å². The summed E-state index contributed by atoms with van der Waals surface area (Å²) in [5.74, 6) is 2.62. The van der Waals surface area contributed by atoms with Crippen molar-refractivity contribution in [3.63, 3.8) is 0 Å². The second-order valence-electron chi connectivity index (χ2n) is 4.38. The lowest BCUT2D eigenvalue weighted by atomic mass is 10.3. The maximum absolute atomic E-state index is 5.42. The minimum absolute atomic E-state index is 0.615. The highest BCUT2D eigenvalue weighted by Gasteiger charge is 2.09. The second kappa shape index (κ2) is 9.50. The normalized spacial score (nSPS) is 10.6. The Morgan fingerprint density at radius 2 is 1.70 bits per heavy atom. The van der Waals surface area contributed by atoms with Gasteiger partial charge in [0.1, 0.15) is 17.5 Å². The first-order chi connectivity index (χ1) is 9.72. The smallest absolute Gasteiger partial charge is 0.134 e. The maximum atomic E-state index is 5.42. The first-order valence-electron chi connectivity index (χ1n) is 7.14. The minimum atomic E-state index is 0.615. The summed E-state index contributed by atoms with van der Waals surface area (Å²) in [5.41, 5.74) is 1.04. The number of anilines is 2. The summed E-state index contributed by atoms with van der Waals surface area (Å²) in [6.07, 6.45) is 0.817. The molecule has 1 aromatic rings. The zero-order chi connectivity index (χ0) is 14.8. The van der Waals surface area contributed by atoms with Gasteiger partial charge in [0.05, 0.1) is 19.8 Å². The Morgan fingerprint density at radius 3 is 2.30 bits per heavy atom. The Kier molecular flexibility index (Phi) is 7.91. The molecule has 0 aliphatic heterocycles. The van der Waals surface area contributed by atoms with Crippen molar-refractivity contribution in [3.05, 3.63) is 11.4 Å². The third kappa shape index (κ3) is 5.30. The summed E-state index contributed by atoms with van der Waals surface area (Å²) in [6, 6.07) is 0. The van der Waals surface area contributed by atoms with E-state index in [0.29, 0.717) is 19.8 Å². The van der Waals surface area contributed by atoms with Crippen LogP contribution in [0.3, 0.4) is 0 Å². The summed E-state index contributed by atoms with van der Waals surface area (Å²) >= 11 is 0. The molecule has 1 heterocycles. The number of rotatable bonds is 10. The molecule has 0 aliphatic carbocycles. The molecule has 114 valence electrons. The van der Waals surface area contributed by atoms with E-state index in [2.05, 4.69) is 34.4 Å². The molecule has 0 aromatic carbocycles. The molecule has 6 heteroatoms. The molecule has 6 nitrogen and oxygen atoms in total. The summed E-state index contributed by atoms with van der Waals surface area (Å²) in [5, 5.41) is 6.58. The zero-order valence-electron chi connectivity index (χ0n) is 13.0. The summed E-state index contributed by atoms with van der Waals surface area (Å²) in [6.45, 7) is 9.57. The number of nitrogens with zero attached hydrogens (tertiary/aromatic N) is 2. The lowest BCUT2D eigenvalue weighted by Crippen LogP contribution is -2.15. The van der Waals surface area contributed by atoms with E-state index in [1.807, 2.05) is 6.92 Å². The van der Waals surface area contributed by atoms with Crippen molar-refractivity contribution >= 4 is 11.6 Å². The lowest BCUT2D eigenvalue weighted by molar-refractivity contribution is 0.0759. The molecule has 0 saturated heterocycles. The molecule has 0 unspecified atom stereocenters. The van der Waals surface area contributed by atoms with Crippen molar-refractivity contribution in [2.24, 2.45) is 0 Å². The van der Waals surface area contributed by atoms with E-state index in [1.165, 1.54) is 0 Å². The third-order valence-electron chi connectivity index (χ3n) is 2.82. The van der Waals surface area contributed by atoms with Crippen LogP contribution in [0.1, 0.15) is 25.2 Å². The summed E-state index contributed by atoms with van der Waals surface area (Å²) in [7, 11) is 1.67. The number of hydrogen-bond donors (Lipinski definition) is 2. The van der Waals surface area contributed by atoms with Crippen molar-refractivity contribution in [1.82, 2.24) is 9.97 Å². The van der Waals surface area contributed by atoms with Gasteiger partial charge in [0.2, 0.25) is 0 Å². The van der Waals surface area contributed by atoms with Gasteiger partial charge in [0.25, 0.3) is 0 Å². The highest BCUT2D eigenvalue weighted by atomic mass is 16.5. The van der Waals surface area contributed by atoms with Gasteiger partial charge in [-0.1, -0.05) is 6.92 Å². The molecule has 0 fully saturated rings. The Labute approximate surface area is 121 Å². The highest BCUT2D eigenvalue weighted by Crippen LogP contribution is 2.19. The van der Waals surface area contributed by atoms with Crippen molar-refractivity contribution < 1.29 is 9.47 Å². The van der Waals surface area contributed by atoms with Gasteiger partial charge in [-0.2, -0.15) is 0 Å². The van der Waals surface area contributed by atoms with Crippen LogP contribution in [0.4, 0.5) is 11.6 Å². The molecule has 0 bridgehead atoms. The van der Waals surface area contributed by atoms with Crippen LogP contribution < -0.4 is 10.6 Å². The van der Waals surface area contributed by atoms with Gasteiger partial charge < -0.3 is 20.1 Å². The van der Waals surface area contributed by atoms with E-state index in [4.69, 9.17) is 9.47 Å². The number of nitrogens with one attached hydrogen (secondary N) is 2. The number of ether oxygens (including phenoxy) is 2. The summed E-state index contributed by atoms with van der Waals surface area (Å²) < 4.78 is 10.3. The van der Waals surface area contributed by atoms with E-state index in [0.717, 1.165) is 42.5 Å². The molecule has 0 aliphatic rings. The van der Waals surface area contributed by atoms with Gasteiger partial charge in [-0.3, -0.25) is 0 Å². The molecule has 0 atom stereocenters. The van der Waals surface area contributed by atoms with E-state index in [9.17, 15) is 0 Å². The molecule has 0 saturated carbocycles. The molecule has 0 amide bonds. The molecule has 0 spiro atoms. The molecule has 20 heavy (non-hydrogen) atoms. The lowest BCUT2D eigenvalue weighted by Gasteiger charge is -2.14. The van der Waals surface area contributed by atoms with Gasteiger partial charge in [-0.25, -0.2) is 9.97 Å². The molecule has 1 rings (SSSR count).